The van der Waals surface area contributed by atoms with Crippen LogP contribution in [-0.4, -0.2) is 49.3 Å². The number of likely N-dealkylation sites (tertiary alicyclic amines) is 1. The van der Waals surface area contributed by atoms with Crippen LogP contribution in [0.5, 0.6) is 5.75 Å². The lowest BCUT2D eigenvalue weighted by molar-refractivity contribution is -0.139. The Bertz CT molecular complexity index is 555. The van der Waals surface area contributed by atoms with E-state index in [1.165, 1.54) is 32.4 Å². The molecule has 1 aromatic carbocycles. The Morgan fingerprint density at radius 1 is 1.15 bits per heavy atom. The number of amides is 1. The Balaban J connectivity index is 1.81. The van der Waals surface area contributed by atoms with Crippen LogP contribution in [-0.2, 0) is 9.53 Å². The van der Waals surface area contributed by atoms with Gasteiger partial charge in [-0.3, -0.25) is 9.69 Å². The van der Waals surface area contributed by atoms with E-state index in [0.717, 1.165) is 37.2 Å². The van der Waals surface area contributed by atoms with Gasteiger partial charge in [-0.15, -0.1) is 0 Å². The number of piperidine rings is 1. The summed E-state index contributed by atoms with van der Waals surface area (Å²) in [5.74, 6) is 0.750. The number of hydrogen-bond donors (Lipinski definition) is 1. The first-order valence-electron chi connectivity index (χ1n) is 10.5. The second kappa shape index (κ2) is 11.3. The molecule has 27 heavy (non-hydrogen) atoms. The Morgan fingerprint density at radius 3 is 2.48 bits per heavy atom. The highest BCUT2D eigenvalue weighted by molar-refractivity contribution is 5.97. The first-order valence-corrected chi connectivity index (χ1v) is 10.5. The van der Waals surface area contributed by atoms with Crippen LogP contribution in [0.15, 0.2) is 24.3 Å². The minimum atomic E-state index is -0.783. The minimum absolute atomic E-state index is 0.0865. The van der Waals surface area contributed by atoms with Crippen LogP contribution in [0, 0.1) is 0 Å². The molecule has 1 heterocycles. The van der Waals surface area contributed by atoms with Gasteiger partial charge in [-0.1, -0.05) is 26.2 Å². The monoisotopic (exact) mass is 376 g/mol. The van der Waals surface area contributed by atoms with Gasteiger partial charge < -0.3 is 14.8 Å². The molecule has 5 nitrogen and oxygen atoms in total. The third kappa shape index (κ3) is 7.15. The molecule has 0 spiro atoms. The van der Waals surface area contributed by atoms with Gasteiger partial charge in [-0.25, -0.2) is 0 Å². The molecule has 0 radical (unpaired) electrons. The molecular formula is C22H36N2O3. The molecule has 1 N–H and O–H groups in total. The largest absolute Gasteiger partial charge is 0.492 e. The lowest BCUT2D eigenvalue weighted by atomic mass is 9.97. The molecule has 2 rings (SSSR count). The van der Waals surface area contributed by atoms with E-state index in [2.05, 4.69) is 17.1 Å². The summed E-state index contributed by atoms with van der Waals surface area (Å²) in [4.78, 5) is 15.2. The van der Waals surface area contributed by atoms with Crippen molar-refractivity contribution in [1.29, 1.82) is 0 Å². The number of nitrogens with zero attached hydrogens (tertiary/aromatic N) is 1. The number of carbonyl (C=O) groups is 1. The van der Waals surface area contributed by atoms with E-state index < -0.39 is 5.60 Å². The fourth-order valence-corrected chi connectivity index (χ4v) is 3.46. The summed E-state index contributed by atoms with van der Waals surface area (Å²) in [6, 6.07) is 7.60. The molecule has 0 aromatic heterocycles. The summed E-state index contributed by atoms with van der Waals surface area (Å²) in [5, 5.41) is 2.98. The quantitative estimate of drug-likeness (QED) is 0.619. The highest BCUT2D eigenvalue weighted by Gasteiger charge is 2.33. The number of hydrogen-bond acceptors (Lipinski definition) is 4. The molecule has 0 unspecified atom stereocenters. The van der Waals surface area contributed by atoms with Gasteiger partial charge in [0.1, 0.15) is 18.0 Å². The van der Waals surface area contributed by atoms with Crippen molar-refractivity contribution in [2.45, 2.75) is 64.9 Å². The van der Waals surface area contributed by atoms with Gasteiger partial charge in [-0.2, -0.15) is 0 Å². The van der Waals surface area contributed by atoms with Gasteiger partial charge >= 0.3 is 0 Å². The summed E-state index contributed by atoms with van der Waals surface area (Å²) in [7, 11) is 0. The van der Waals surface area contributed by atoms with Crippen molar-refractivity contribution in [3.63, 3.8) is 0 Å². The van der Waals surface area contributed by atoms with Gasteiger partial charge in [-0.05, 0) is 70.5 Å². The van der Waals surface area contributed by atoms with E-state index in [-0.39, 0.29) is 5.91 Å². The van der Waals surface area contributed by atoms with Crippen LogP contribution >= 0.6 is 0 Å². The average Bonchev–Trinajstić information content (AvgIpc) is 2.69. The molecule has 0 aliphatic carbocycles. The van der Waals surface area contributed by atoms with Crippen LogP contribution in [0.2, 0.25) is 0 Å². The number of nitrogens with one attached hydrogen (secondary N) is 1. The summed E-state index contributed by atoms with van der Waals surface area (Å²) in [5.41, 5.74) is -0.0141. The van der Waals surface area contributed by atoms with E-state index in [1.807, 2.05) is 38.1 Å². The lowest BCUT2D eigenvalue weighted by Gasteiger charge is -2.28. The first kappa shape index (κ1) is 21.7. The van der Waals surface area contributed by atoms with E-state index in [9.17, 15) is 4.79 Å². The first-order chi connectivity index (χ1) is 13.1. The lowest BCUT2D eigenvalue weighted by Crippen LogP contribution is -2.42. The van der Waals surface area contributed by atoms with Gasteiger partial charge in [0, 0.05) is 18.8 Å². The van der Waals surface area contributed by atoms with E-state index in [0.29, 0.717) is 13.2 Å². The van der Waals surface area contributed by atoms with Gasteiger partial charge in [0.05, 0.1) is 0 Å². The summed E-state index contributed by atoms with van der Waals surface area (Å²) in [6.07, 6.45) is 6.68. The molecule has 1 saturated heterocycles. The number of anilines is 1. The molecule has 5 heteroatoms. The third-order valence-electron chi connectivity index (χ3n) is 5.19. The number of rotatable bonds is 11. The summed E-state index contributed by atoms with van der Waals surface area (Å²) < 4.78 is 11.6. The van der Waals surface area contributed by atoms with Gasteiger partial charge in [0.15, 0.2) is 0 Å². The van der Waals surface area contributed by atoms with Crippen molar-refractivity contribution in [2.75, 3.05) is 38.2 Å². The zero-order chi connectivity index (χ0) is 19.5. The topological polar surface area (TPSA) is 50.8 Å². The van der Waals surface area contributed by atoms with Crippen molar-refractivity contribution >= 4 is 11.6 Å². The second-order valence-electron chi connectivity index (χ2n) is 7.50. The standard InChI is InChI=1S/C22H36N2O3/c1-4-6-14-22(3,27-5-2)21(25)23-19-10-12-20(13-11-19)26-18-17-24-15-8-7-9-16-24/h10-13H,4-9,14-18H2,1-3H3,(H,23,25)/t22-/m0/s1. The van der Waals surface area contributed by atoms with Crippen LogP contribution < -0.4 is 10.1 Å². The Morgan fingerprint density at radius 2 is 1.85 bits per heavy atom. The molecule has 1 aliphatic rings. The smallest absolute Gasteiger partial charge is 0.256 e. The highest BCUT2D eigenvalue weighted by Crippen LogP contribution is 2.23. The van der Waals surface area contributed by atoms with E-state index in [1.54, 1.807) is 0 Å². The number of unbranched alkanes of at least 4 members (excludes halogenated alkanes) is 1. The number of ether oxygens (including phenoxy) is 2. The summed E-state index contributed by atoms with van der Waals surface area (Å²) in [6.45, 7) is 10.5. The maximum Gasteiger partial charge on any atom is 0.256 e. The van der Waals surface area contributed by atoms with Crippen molar-refractivity contribution in [3.05, 3.63) is 24.3 Å². The van der Waals surface area contributed by atoms with Gasteiger partial charge in [0.2, 0.25) is 0 Å². The van der Waals surface area contributed by atoms with E-state index >= 15 is 0 Å². The van der Waals surface area contributed by atoms with Gasteiger partial charge in [0.25, 0.3) is 5.91 Å². The third-order valence-corrected chi connectivity index (χ3v) is 5.19. The molecule has 1 fully saturated rings. The van der Waals surface area contributed by atoms with Crippen LogP contribution in [0.1, 0.15) is 59.3 Å². The highest BCUT2D eigenvalue weighted by atomic mass is 16.5. The second-order valence-corrected chi connectivity index (χ2v) is 7.50. The van der Waals surface area contributed by atoms with Crippen LogP contribution in [0.25, 0.3) is 0 Å². The molecule has 1 aliphatic heterocycles. The van der Waals surface area contributed by atoms with Crippen LogP contribution in [0.3, 0.4) is 0 Å². The molecule has 0 saturated carbocycles. The number of benzene rings is 1. The molecular weight excluding hydrogens is 340 g/mol. The molecule has 152 valence electrons. The molecule has 1 amide bonds. The molecule has 1 aromatic rings. The fraction of sp³-hybridized carbons (Fsp3) is 0.682. The average molecular weight is 377 g/mol. The van der Waals surface area contributed by atoms with Crippen molar-refractivity contribution in [3.8, 4) is 5.75 Å². The molecule has 1 atom stereocenters. The predicted octanol–water partition coefficient (Wildman–Crippen LogP) is 4.48. The SMILES string of the molecule is CCCC[C@](C)(OCC)C(=O)Nc1ccc(OCCN2CCCCC2)cc1. The fourth-order valence-electron chi connectivity index (χ4n) is 3.46. The van der Waals surface area contributed by atoms with E-state index in [4.69, 9.17) is 9.47 Å². The Kier molecular flexibility index (Phi) is 9.08. The maximum absolute atomic E-state index is 12.7. The predicted molar refractivity (Wildman–Crippen MR) is 110 cm³/mol. The van der Waals surface area contributed by atoms with Crippen molar-refractivity contribution in [2.24, 2.45) is 0 Å². The Hall–Kier alpha value is -1.59. The normalized spacial score (nSPS) is 17.3. The van der Waals surface area contributed by atoms with Crippen LogP contribution in [0.4, 0.5) is 5.69 Å². The number of carbonyl (C=O) groups excluding carboxylic acids is 1. The Labute approximate surface area is 164 Å². The minimum Gasteiger partial charge on any atom is -0.492 e. The molecule has 0 bridgehead atoms. The zero-order valence-electron chi connectivity index (χ0n) is 17.3. The maximum atomic E-state index is 12.7. The zero-order valence-corrected chi connectivity index (χ0v) is 17.3. The van der Waals surface area contributed by atoms with Crippen molar-refractivity contribution < 1.29 is 14.3 Å². The summed E-state index contributed by atoms with van der Waals surface area (Å²) >= 11 is 0. The van der Waals surface area contributed by atoms with Crippen molar-refractivity contribution in [1.82, 2.24) is 4.90 Å².